The summed E-state index contributed by atoms with van der Waals surface area (Å²) in [6, 6.07) is 0.346. The van der Waals surface area contributed by atoms with E-state index in [0.717, 1.165) is 38.8 Å². The third kappa shape index (κ3) is 3.46. The molecule has 5 heteroatoms. The monoisotopic (exact) mass is 387 g/mol. The van der Waals surface area contributed by atoms with Gasteiger partial charge in [-0.1, -0.05) is 6.42 Å². The molecule has 0 radical (unpaired) electrons. The summed E-state index contributed by atoms with van der Waals surface area (Å²) >= 11 is 1.94. The highest BCUT2D eigenvalue weighted by atomic mass is 32.1. The first kappa shape index (κ1) is 18.1. The molecule has 3 fully saturated rings. The van der Waals surface area contributed by atoms with Crippen LogP contribution in [0.1, 0.15) is 79.3 Å². The molecule has 0 aromatic carbocycles. The number of aromatic nitrogens is 1. The van der Waals surface area contributed by atoms with Gasteiger partial charge in [0.05, 0.1) is 10.7 Å². The van der Waals surface area contributed by atoms with Crippen LogP contribution in [0, 0.1) is 17.8 Å². The maximum absolute atomic E-state index is 13.3. The molecule has 27 heavy (non-hydrogen) atoms. The molecule has 0 spiro atoms. The van der Waals surface area contributed by atoms with Crippen LogP contribution in [0.3, 0.4) is 0 Å². The fraction of sp³-hybridized carbons (Fsp3) is 0.818. The Bertz CT molecular complexity index is 664. The topological polar surface area (TPSA) is 59.2 Å². The zero-order valence-corrected chi connectivity index (χ0v) is 17.2. The number of nitrogens with two attached hydrogens (primary N) is 1. The highest BCUT2D eigenvalue weighted by Gasteiger charge is 2.42. The second-order valence-corrected chi connectivity index (χ2v) is 10.6. The van der Waals surface area contributed by atoms with Crippen molar-refractivity contribution in [2.75, 3.05) is 13.1 Å². The molecule has 1 saturated heterocycles. The minimum atomic E-state index is 0.225. The van der Waals surface area contributed by atoms with Crippen molar-refractivity contribution in [2.24, 2.45) is 23.5 Å². The molecule has 2 saturated carbocycles. The normalized spacial score (nSPS) is 36.3. The van der Waals surface area contributed by atoms with Crippen molar-refractivity contribution >= 4 is 17.2 Å². The molecule has 148 valence electrons. The second-order valence-electron chi connectivity index (χ2n) is 9.45. The summed E-state index contributed by atoms with van der Waals surface area (Å²) in [5.41, 5.74) is 7.80. The summed E-state index contributed by atoms with van der Waals surface area (Å²) in [6.07, 6.45) is 13.1. The van der Waals surface area contributed by atoms with Crippen molar-refractivity contribution < 1.29 is 4.79 Å². The maximum Gasteiger partial charge on any atom is 0.225 e. The van der Waals surface area contributed by atoms with E-state index >= 15 is 0 Å². The number of hydrogen-bond donors (Lipinski definition) is 1. The smallest absolute Gasteiger partial charge is 0.225 e. The molecule has 3 aliphatic carbocycles. The van der Waals surface area contributed by atoms with Gasteiger partial charge in [-0.05, 0) is 76.0 Å². The third-order valence-corrected chi connectivity index (χ3v) is 9.03. The Balaban J connectivity index is 1.27. The fourth-order valence-corrected chi connectivity index (χ4v) is 7.45. The van der Waals surface area contributed by atoms with E-state index in [-0.39, 0.29) is 5.92 Å². The van der Waals surface area contributed by atoms with Crippen LogP contribution < -0.4 is 5.73 Å². The number of nitrogens with zero attached hydrogens (tertiary/aromatic N) is 2. The predicted octanol–water partition coefficient (Wildman–Crippen LogP) is 3.88. The molecular weight excluding hydrogens is 354 g/mol. The Morgan fingerprint density at radius 1 is 1.04 bits per heavy atom. The molecular formula is C22H33N3OS. The Hall–Kier alpha value is -0.940. The lowest BCUT2D eigenvalue weighted by molar-refractivity contribution is -0.139. The van der Waals surface area contributed by atoms with Crippen LogP contribution in [0.4, 0.5) is 0 Å². The molecule has 4 aliphatic rings. The molecule has 4 nitrogen and oxygen atoms in total. The van der Waals surface area contributed by atoms with Gasteiger partial charge in [0, 0.05) is 35.8 Å². The zero-order chi connectivity index (χ0) is 18.4. The number of aryl methyl sites for hydroxylation is 2. The van der Waals surface area contributed by atoms with Gasteiger partial charge >= 0.3 is 0 Å². The quantitative estimate of drug-likeness (QED) is 0.838. The van der Waals surface area contributed by atoms with Crippen molar-refractivity contribution in [3.8, 4) is 0 Å². The van der Waals surface area contributed by atoms with Gasteiger partial charge in [-0.2, -0.15) is 0 Å². The molecule has 3 atom stereocenters. The van der Waals surface area contributed by atoms with Crippen molar-refractivity contribution in [3.05, 3.63) is 15.6 Å². The van der Waals surface area contributed by atoms with Gasteiger partial charge < -0.3 is 10.6 Å². The second kappa shape index (κ2) is 7.47. The lowest BCUT2D eigenvalue weighted by Crippen LogP contribution is -2.50. The summed E-state index contributed by atoms with van der Waals surface area (Å²) in [6.45, 7) is 1.83. The number of fused-ring (bicyclic) bond motifs is 3. The molecule has 2 bridgehead atoms. The van der Waals surface area contributed by atoms with E-state index < -0.39 is 0 Å². The summed E-state index contributed by atoms with van der Waals surface area (Å²) in [4.78, 5) is 22.0. The summed E-state index contributed by atoms with van der Waals surface area (Å²) < 4.78 is 0. The van der Waals surface area contributed by atoms with E-state index in [4.69, 9.17) is 10.7 Å². The van der Waals surface area contributed by atoms with Gasteiger partial charge in [0.25, 0.3) is 0 Å². The minimum Gasteiger partial charge on any atom is -0.342 e. The van der Waals surface area contributed by atoms with Crippen molar-refractivity contribution in [1.29, 1.82) is 0 Å². The van der Waals surface area contributed by atoms with Crippen LogP contribution >= 0.6 is 11.3 Å². The Morgan fingerprint density at radius 2 is 1.81 bits per heavy atom. The average molecular weight is 388 g/mol. The van der Waals surface area contributed by atoms with E-state index in [2.05, 4.69) is 4.90 Å². The molecule has 5 rings (SSSR count). The average Bonchev–Trinajstić information content (AvgIpc) is 3.12. The van der Waals surface area contributed by atoms with Gasteiger partial charge in [0.15, 0.2) is 0 Å². The number of carbonyl (C=O) groups is 1. The lowest BCUT2D eigenvalue weighted by Gasteiger charge is -2.45. The minimum absolute atomic E-state index is 0.225. The number of carbonyl (C=O) groups excluding carboxylic acids is 1. The van der Waals surface area contributed by atoms with E-state index in [1.54, 1.807) is 0 Å². The molecule has 2 N–H and O–H groups in total. The predicted molar refractivity (Wildman–Crippen MR) is 109 cm³/mol. The van der Waals surface area contributed by atoms with E-state index in [1.165, 1.54) is 60.5 Å². The maximum atomic E-state index is 13.3. The Kier molecular flexibility index (Phi) is 5.01. The first-order chi connectivity index (χ1) is 13.2. The standard InChI is InChI=1S/C22H33N3OS/c23-20-14-5-3-6-15(20)12-17(11-14)22(26)25-10-4-7-16(13-25)21-24-18-8-1-2-9-19(18)27-21/h14-17,20H,1-13,23H2. The Morgan fingerprint density at radius 3 is 2.59 bits per heavy atom. The van der Waals surface area contributed by atoms with Crippen LogP contribution in [0.2, 0.25) is 0 Å². The fourth-order valence-electron chi connectivity index (χ4n) is 6.17. The first-order valence-corrected chi connectivity index (χ1v) is 12.0. The number of rotatable bonds is 2. The molecule has 1 amide bonds. The SMILES string of the molecule is NC1C2CCCC1CC(C(=O)N1CCCC(c3nc4c(s3)CCCC4)C1)C2. The Labute approximate surface area is 166 Å². The van der Waals surface area contributed by atoms with Crippen LogP contribution in [0.15, 0.2) is 0 Å². The number of amides is 1. The summed E-state index contributed by atoms with van der Waals surface area (Å²) in [5.74, 6) is 2.27. The zero-order valence-electron chi connectivity index (χ0n) is 16.4. The number of thiazole rings is 1. The van der Waals surface area contributed by atoms with Crippen molar-refractivity contribution in [2.45, 2.75) is 82.6 Å². The molecule has 1 aromatic heterocycles. The largest absolute Gasteiger partial charge is 0.342 e. The van der Waals surface area contributed by atoms with E-state index in [1.807, 2.05) is 11.3 Å². The number of hydrogen-bond acceptors (Lipinski definition) is 4. The highest BCUT2D eigenvalue weighted by molar-refractivity contribution is 7.11. The van der Waals surface area contributed by atoms with Crippen LogP contribution in [-0.4, -0.2) is 34.9 Å². The molecule has 2 heterocycles. The molecule has 1 aromatic rings. The van der Waals surface area contributed by atoms with Gasteiger partial charge in [-0.25, -0.2) is 4.98 Å². The highest BCUT2D eigenvalue weighted by Crippen LogP contribution is 2.43. The van der Waals surface area contributed by atoms with Crippen molar-refractivity contribution in [3.63, 3.8) is 0 Å². The van der Waals surface area contributed by atoms with Gasteiger partial charge in [0.2, 0.25) is 5.91 Å². The summed E-state index contributed by atoms with van der Waals surface area (Å²) in [7, 11) is 0. The third-order valence-electron chi connectivity index (χ3n) is 7.71. The summed E-state index contributed by atoms with van der Waals surface area (Å²) in [5, 5.41) is 1.31. The van der Waals surface area contributed by atoms with Crippen LogP contribution in [0.25, 0.3) is 0 Å². The van der Waals surface area contributed by atoms with Crippen LogP contribution in [0.5, 0.6) is 0 Å². The van der Waals surface area contributed by atoms with Crippen LogP contribution in [-0.2, 0) is 17.6 Å². The van der Waals surface area contributed by atoms with Gasteiger partial charge in [-0.15, -0.1) is 11.3 Å². The van der Waals surface area contributed by atoms with E-state index in [0.29, 0.717) is 29.7 Å². The lowest BCUT2D eigenvalue weighted by atomic mass is 9.65. The molecule has 3 unspecified atom stereocenters. The number of piperidine rings is 1. The van der Waals surface area contributed by atoms with E-state index in [9.17, 15) is 4.79 Å². The van der Waals surface area contributed by atoms with Gasteiger partial charge in [0.1, 0.15) is 0 Å². The van der Waals surface area contributed by atoms with Gasteiger partial charge in [-0.3, -0.25) is 4.79 Å². The first-order valence-electron chi connectivity index (χ1n) is 11.2. The van der Waals surface area contributed by atoms with Crippen molar-refractivity contribution in [1.82, 2.24) is 9.88 Å². The molecule has 1 aliphatic heterocycles. The number of likely N-dealkylation sites (tertiary alicyclic amines) is 1.